The van der Waals surface area contributed by atoms with Gasteiger partial charge in [0.1, 0.15) is 10.8 Å². The Balaban J connectivity index is 0.726. The highest BCUT2D eigenvalue weighted by atomic mass is 35.5. The van der Waals surface area contributed by atoms with Crippen LogP contribution in [-0.4, -0.2) is 145 Å². The molecular formula is C58H74ClF2N15O7. The number of piperidine rings is 2. The smallest absolute Gasteiger partial charge is 0.317 e. The number of amides is 5. The number of aliphatic imine (C=N–C) groups is 1. The summed E-state index contributed by atoms with van der Waals surface area (Å²) in [7, 11) is 7.77. The van der Waals surface area contributed by atoms with Crippen LogP contribution >= 0.6 is 11.6 Å². The number of rotatable bonds is 20. The molecule has 0 bridgehead atoms. The van der Waals surface area contributed by atoms with E-state index in [1.54, 1.807) is 56.4 Å². The Morgan fingerprint density at radius 2 is 1.70 bits per heavy atom. The summed E-state index contributed by atoms with van der Waals surface area (Å²) in [5, 5.41) is 17.8. The molecule has 83 heavy (non-hydrogen) atoms. The number of nitrogens with one attached hydrogen (secondary N) is 4. The third kappa shape index (κ3) is 13.3. The van der Waals surface area contributed by atoms with Gasteiger partial charge in [0.15, 0.2) is 24.0 Å². The number of ether oxygens (including phenoxy) is 2. The fourth-order valence-electron chi connectivity index (χ4n) is 11.7. The summed E-state index contributed by atoms with van der Waals surface area (Å²) in [5.74, 6) is 1.54. The van der Waals surface area contributed by atoms with Crippen molar-refractivity contribution in [2.75, 3.05) is 95.8 Å². The highest BCUT2D eigenvalue weighted by Gasteiger charge is 2.36. The minimum Gasteiger partial charge on any atom is -0.494 e. The first-order chi connectivity index (χ1) is 40.1. The number of pyridine rings is 1. The molecule has 25 heteroatoms. The van der Waals surface area contributed by atoms with Gasteiger partial charge < -0.3 is 60.6 Å². The summed E-state index contributed by atoms with van der Waals surface area (Å²) in [6.07, 6.45) is 10.1. The minimum absolute atomic E-state index is 0.00602. The summed E-state index contributed by atoms with van der Waals surface area (Å²) in [4.78, 5) is 85.6. The quantitative estimate of drug-likeness (QED) is 0.0392. The minimum atomic E-state index is -2.76. The number of carbonyl (C=O) groups excluding carboxylic acids is 4. The number of methoxy groups -OCH3 is 1. The number of benzene rings is 2. The van der Waals surface area contributed by atoms with Crippen LogP contribution in [0.15, 0.2) is 52.5 Å². The van der Waals surface area contributed by atoms with E-state index in [4.69, 9.17) is 36.9 Å². The van der Waals surface area contributed by atoms with Crippen molar-refractivity contribution in [1.29, 1.82) is 0 Å². The van der Waals surface area contributed by atoms with Crippen LogP contribution < -0.4 is 51.8 Å². The second-order valence-electron chi connectivity index (χ2n) is 21.3. The molecule has 4 aliphatic rings. The molecule has 3 aromatic heterocycles. The summed E-state index contributed by atoms with van der Waals surface area (Å²) >= 11 is 6.59. The number of anilines is 5. The number of aryl methyl sites for hydroxylation is 2. The number of nitrogens with two attached hydrogens (primary N) is 1. The zero-order chi connectivity index (χ0) is 58.9. The molecule has 0 radical (unpaired) electrons. The van der Waals surface area contributed by atoms with Gasteiger partial charge in [0, 0.05) is 150 Å². The maximum Gasteiger partial charge on any atom is 0.317 e. The van der Waals surface area contributed by atoms with Crippen molar-refractivity contribution in [3.8, 4) is 11.5 Å². The number of hydrogen-bond donors (Lipinski definition) is 5. The second kappa shape index (κ2) is 26.9. The van der Waals surface area contributed by atoms with Crippen LogP contribution in [0.2, 0.25) is 5.02 Å². The number of likely N-dealkylation sites (tertiary alicyclic amines) is 1. The first-order valence-electron chi connectivity index (χ1n) is 28.4. The number of carbonyl (C=O) groups is 4. The van der Waals surface area contributed by atoms with Crippen LogP contribution in [0.1, 0.15) is 105 Å². The largest absolute Gasteiger partial charge is 0.494 e. The number of fused-ring (bicyclic) bond motifs is 3. The zero-order valence-electron chi connectivity index (χ0n) is 47.7. The topological polar surface area (TPSA) is 252 Å². The highest BCUT2D eigenvalue weighted by molar-refractivity contribution is 6.33. The lowest BCUT2D eigenvalue weighted by Crippen LogP contribution is -2.42. The molecule has 4 aliphatic heterocycles. The Hall–Kier alpha value is -8.02. The maximum atomic E-state index is 14.8. The second-order valence-corrected chi connectivity index (χ2v) is 21.7. The van der Waals surface area contributed by atoms with Gasteiger partial charge in [-0.1, -0.05) is 24.4 Å². The number of allylic oxidation sites excluding steroid dienone is 1. The van der Waals surface area contributed by atoms with Crippen molar-refractivity contribution in [2.24, 2.45) is 23.7 Å². The Kier molecular flexibility index (Phi) is 19.3. The van der Waals surface area contributed by atoms with Crippen LogP contribution in [0.5, 0.6) is 11.5 Å². The molecule has 0 spiro atoms. The third-order valence-corrected chi connectivity index (χ3v) is 16.5. The van der Waals surface area contributed by atoms with Gasteiger partial charge in [-0.3, -0.25) is 28.9 Å². The zero-order valence-corrected chi connectivity index (χ0v) is 48.5. The van der Waals surface area contributed by atoms with E-state index in [-0.39, 0.29) is 58.7 Å². The highest BCUT2D eigenvalue weighted by Crippen LogP contribution is 2.43. The Morgan fingerprint density at radius 3 is 2.41 bits per heavy atom. The van der Waals surface area contributed by atoms with Crippen LogP contribution in [-0.2, 0) is 40.8 Å². The molecule has 0 atom stereocenters. The Labute approximate surface area is 485 Å². The average molecular weight is 1170 g/mol. The lowest BCUT2D eigenvalue weighted by atomic mass is 9.92. The number of unbranched alkanes of at least 4 members (excludes halogenated alkanes) is 3. The van der Waals surface area contributed by atoms with Crippen LogP contribution in [0.25, 0.3) is 16.5 Å². The molecule has 22 nitrogen and oxygen atoms in total. The molecule has 2 aromatic carbocycles. The van der Waals surface area contributed by atoms with E-state index in [9.17, 15) is 32.8 Å². The van der Waals surface area contributed by atoms with Crippen LogP contribution in [0, 0.1) is 5.92 Å². The van der Waals surface area contributed by atoms with Crippen molar-refractivity contribution < 1.29 is 37.4 Å². The number of aromatic nitrogens is 5. The normalized spacial score (nSPS) is 16.1. The molecule has 5 amide bonds. The summed E-state index contributed by atoms with van der Waals surface area (Å²) in [6, 6.07) is 8.28. The van der Waals surface area contributed by atoms with Gasteiger partial charge in [-0.15, -0.1) is 0 Å². The van der Waals surface area contributed by atoms with E-state index in [2.05, 4.69) is 35.9 Å². The van der Waals surface area contributed by atoms with Crippen molar-refractivity contribution in [2.45, 2.75) is 96.1 Å². The number of nitrogens with zero attached hydrogens (tertiary/aromatic N) is 10. The SMILES string of the molecule is CN=CC(=CN)c1cc2c(cc1C(F)F)N(c1nn(C3CCN(C(=O)CCCCCCNC(=O)C4CCN(c5ncc(Cl)c(Nc6cc(OC)c7c(c6)cc(OCC(=O)NC)c(=O)n7C)n5)CC4)CC3)c3c1CN(C(=O)NC)CC3)CCC2. The molecule has 0 aliphatic carbocycles. The van der Waals surface area contributed by atoms with E-state index in [1.807, 2.05) is 14.7 Å². The predicted molar refractivity (Wildman–Crippen MR) is 316 cm³/mol. The third-order valence-electron chi connectivity index (χ3n) is 16.2. The molecule has 6 N–H and O–H groups in total. The molecule has 0 saturated carbocycles. The van der Waals surface area contributed by atoms with Gasteiger partial charge in [-0.05, 0) is 86.8 Å². The Morgan fingerprint density at radius 1 is 0.928 bits per heavy atom. The van der Waals surface area contributed by atoms with Gasteiger partial charge in [0.25, 0.3) is 17.9 Å². The number of likely N-dealkylation sites (N-methyl/N-ethyl adjacent to an activating group) is 1. The molecule has 9 rings (SSSR count). The molecular weight excluding hydrogens is 1090 g/mol. The lowest BCUT2D eigenvalue weighted by molar-refractivity contribution is -0.132. The fourth-order valence-corrected chi connectivity index (χ4v) is 11.9. The number of alkyl halides is 2. The van der Waals surface area contributed by atoms with Gasteiger partial charge in [0.05, 0.1) is 31.4 Å². The fraction of sp³-hybridized carbons (Fsp3) is 0.500. The standard InChI is InChI=1S/C58H74ClF2N15O7/c1-63-31-38(30-62)41-26-36-11-10-19-75(46(36)29-42(41)52(60)61)54-43-33-74(58(81)65-3)24-17-45(43)76(70-54)40-15-22-72(23-16-40)50(78)12-8-6-7-9-18-66-55(79)35-13-20-73(21-14-35)57-67-32-44(59)53(69-57)68-39-25-37-27-48(83-34-49(77)64-2)56(80)71(4)51(37)47(28-39)82-5/h25-32,35,40,52H,6-24,33-34,62H2,1-5H3,(H,64,77)(H,65,81)(H,66,79)(H,67,68,69). The van der Waals surface area contributed by atoms with Crippen molar-refractivity contribution in [3.63, 3.8) is 0 Å². The molecule has 7 heterocycles. The summed E-state index contributed by atoms with van der Waals surface area (Å²) < 4.78 is 44.2. The average Bonchev–Trinajstić information content (AvgIpc) is 2.52. The first kappa shape index (κ1) is 59.6. The van der Waals surface area contributed by atoms with Crippen LogP contribution in [0.3, 0.4) is 0 Å². The van der Waals surface area contributed by atoms with Gasteiger partial charge in [-0.25, -0.2) is 18.6 Å². The molecule has 2 saturated heterocycles. The van der Waals surface area contributed by atoms with Crippen molar-refractivity contribution in [3.05, 3.63) is 86.1 Å². The van der Waals surface area contributed by atoms with E-state index in [1.165, 1.54) is 37.3 Å². The molecule has 2 fully saturated rings. The van der Waals surface area contributed by atoms with E-state index in [0.717, 1.165) is 48.9 Å². The monoisotopic (exact) mass is 1170 g/mol. The summed E-state index contributed by atoms with van der Waals surface area (Å²) in [5.41, 5.74) is 10.7. The first-order valence-corrected chi connectivity index (χ1v) is 28.8. The Bertz CT molecular complexity index is 3340. The van der Waals surface area contributed by atoms with Gasteiger partial charge >= 0.3 is 6.03 Å². The number of hydrogen-bond acceptors (Lipinski definition) is 15. The summed E-state index contributed by atoms with van der Waals surface area (Å²) in [6.45, 7) is 3.99. The van der Waals surface area contributed by atoms with Crippen molar-refractivity contribution >= 4 is 87.0 Å². The van der Waals surface area contributed by atoms with Crippen LogP contribution in [0.4, 0.5) is 42.5 Å². The van der Waals surface area contributed by atoms with E-state index >= 15 is 0 Å². The van der Waals surface area contributed by atoms with Gasteiger partial charge in [-0.2, -0.15) is 10.1 Å². The maximum absolute atomic E-state index is 14.8. The molecule has 5 aromatic rings. The van der Waals surface area contributed by atoms with E-state index < -0.39 is 12.0 Å². The van der Waals surface area contributed by atoms with Crippen molar-refractivity contribution in [1.82, 2.24) is 50.1 Å². The predicted octanol–water partition coefficient (Wildman–Crippen LogP) is 6.92. The molecule has 444 valence electrons. The lowest BCUT2D eigenvalue weighted by Gasteiger charge is -2.34. The number of halogens is 3. The van der Waals surface area contributed by atoms with E-state index in [0.29, 0.717) is 154 Å². The van der Waals surface area contributed by atoms with Gasteiger partial charge in [0.2, 0.25) is 17.8 Å². The number of urea groups is 1. The molecule has 0 unspecified atom stereocenters.